The largest absolute Gasteiger partial charge is 0.497 e. The van der Waals surface area contributed by atoms with Gasteiger partial charge < -0.3 is 20.1 Å². The molecule has 8 heteroatoms. The molecule has 2 aromatic carbocycles. The van der Waals surface area contributed by atoms with Crippen molar-refractivity contribution in [2.24, 2.45) is 0 Å². The third-order valence-electron chi connectivity index (χ3n) is 5.85. The SMILES string of the molecule is COc1ccc(Cn2c(O)c(C3NCCc4c3[nH]c3ccccc43)c(=O)[nH]c2=O)cc1. The number of hydrogen-bond acceptors (Lipinski definition) is 5. The van der Waals surface area contributed by atoms with Crippen molar-refractivity contribution in [3.63, 3.8) is 0 Å². The molecule has 4 N–H and O–H groups in total. The molecule has 0 radical (unpaired) electrons. The first-order chi connectivity index (χ1) is 15.1. The highest BCUT2D eigenvalue weighted by molar-refractivity contribution is 5.85. The fourth-order valence-corrected chi connectivity index (χ4v) is 4.32. The summed E-state index contributed by atoms with van der Waals surface area (Å²) in [6.07, 6.45) is 0.806. The molecule has 0 bridgehead atoms. The molecule has 1 aliphatic heterocycles. The van der Waals surface area contributed by atoms with Gasteiger partial charge in [0.15, 0.2) is 0 Å². The quantitative estimate of drug-likeness (QED) is 0.405. The summed E-state index contributed by atoms with van der Waals surface area (Å²) in [7, 11) is 1.58. The second-order valence-corrected chi connectivity index (χ2v) is 7.63. The van der Waals surface area contributed by atoms with Gasteiger partial charge in [0.05, 0.1) is 19.7 Å². The number of rotatable bonds is 4. The lowest BCUT2D eigenvalue weighted by Crippen LogP contribution is -2.39. The van der Waals surface area contributed by atoms with Gasteiger partial charge in [-0.05, 0) is 35.7 Å². The zero-order valence-electron chi connectivity index (χ0n) is 16.9. The Hall–Kier alpha value is -3.78. The zero-order chi connectivity index (χ0) is 21.5. The maximum absolute atomic E-state index is 12.8. The molecule has 0 saturated carbocycles. The predicted molar refractivity (Wildman–Crippen MR) is 117 cm³/mol. The number of para-hydroxylation sites is 1. The van der Waals surface area contributed by atoms with Crippen LogP contribution in [0.3, 0.4) is 0 Å². The topological polar surface area (TPSA) is 112 Å². The number of nitrogens with one attached hydrogen (secondary N) is 3. The van der Waals surface area contributed by atoms with E-state index in [2.05, 4.69) is 15.3 Å². The lowest BCUT2D eigenvalue weighted by molar-refractivity contribution is 0.390. The summed E-state index contributed by atoms with van der Waals surface area (Å²) < 4.78 is 6.34. The normalized spacial score (nSPS) is 15.7. The van der Waals surface area contributed by atoms with Gasteiger partial charge in [0.1, 0.15) is 11.3 Å². The average molecular weight is 418 g/mol. The summed E-state index contributed by atoms with van der Waals surface area (Å²) in [5.41, 5.74) is 2.59. The number of nitrogens with zero attached hydrogens (tertiary/aromatic N) is 1. The van der Waals surface area contributed by atoms with E-state index in [1.165, 1.54) is 4.57 Å². The van der Waals surface area contributed by atoms with Gasteiger partial charge in [0.25, 0.3) is 5.56 Å². The number of benzene rings is 2. The third kappa shape index (κ3) is 3.21. The summed E-state index contributed by atoms with van der Waals surface area (Å²) in [6.45, 7) is 0.765. The Morgan fingerprint density at radius 2 is 1.87 bits per heavy atom. The second kappa shape index (κ2) is 7.48. The van der Waals surface area contributed by atoms with E-state index in [-0.39, 0.29) is 18.0 Å². The summed E-state index contributed by atoms with van der Waals surface area (Å²) in [4.78, 5) is 31.0. The van der Waals surface area contributed by atoms with E-state index in [4.69, 9.17) is 4.74 Å². The van der Waals surface area contributed by atoms with Gasteiger partial charge in [-0.1, -0.05) is 30.3 Å². The molecule has 1 aliphatic rings. The van der Waals surface area contributed by atoms with Crippen molar-refractivity contribution in [3.8, 4) is 11.6 Å². The number of aromatic amines is 2. The Labute approximate surface area is 177 Å². The Morgan fingerprint density at radius 1 is 1.10 bits per heavy atom. The number of ether oxygens (including phenoxy) is 1. The van der Waals surface area contributed by atoms with Crippen LogP contribution in [0.1, 0.15) is 28.4 Å². The van der Waals surface area contributed by atoms with Crippen LogP contribution < -0.4 is 21.3 Å². The van der Waals surface area contributed by atoms with Gasteiger partial charge >= 0.3 is 5.69 Å². The molecular weight excluding hydrogens is 396 g/mol. The highest BCUT2D eigenvalue weighted by atomic mass is 16.5. The van der Waals surface area contributed by atoms with Gasteiger partial charge in [0, 0.05) is 23.1 Å². The van der Waals surface area contributed by atoms with Crippen LogP contribution in [0.5, 0.6) is 11.6 Å². The van der Waals surface area contributed by atoms with Gasteiger partial charge in [-0.2, -0.15) is 0 Å². The van der Waals surface area contributed by atoms with Crippen LogP contribution in [-0.2, 0) is 13.0 Å². The number of aromatic nitrogens is 3. The molecule has 31 heavy (non-hydrogen) atoms. The lowest BCUT2D eigenvalue weighted by Gasteiger charge is -2.25. The van der Waals surface area contributed by atoms with Crippen LogP contribution in [-0.4, -0.2) is 33.3 Å². The first-order valence-corrected chi connectivity index (χ1v) is 10.1. The fourth-order valence-electron chi connectivity index (χ4n) is 4.32. The van der Waals surface area contributed by atoms with Crippen molar-refractivity contribution in [1.29, 1.82) is 0 Å². The molecule has 0 saturated heterocycles. The van der Waals surface area contributed by atoms with Crippen LogP contribution in [0.15, 0.2) is 58.1 Å². The fraction of sp³-hybridized carbons (Fsp3) is 0.217. The zero-order valence-corrected chi connectivity index (χ0v) is 16.9. The van der Waals surface area contributed by atoms with Gasteiger partial charge in [-0.3, -0.25) is 14.3 Å². The summed E-state index contributed by atoms with van der Waals surface area (Å²) in [5.74, 6) is 0.355. The number of H-pyrrole nitrogens is 2. The maximum atomic E-state index is 12.8. The molecule has 0 aliphatic carbocycles. The molecule has 4 aromatic rings. The highest BCUT2D eigenvalue weighted by Crippen LogP contribution is 2.34. The maximum Gasteiger partial charge on any atom is 0.331 e. The van der Waals surface area contributed by atoms with Crippen LogP contribution in [0.25, 0.3) is 10.9 Å². The monoisotopic (exact) mass is 418 g/mol. The molecule has 0 fully saturated rings. The Balaban J connectivity index is 1.61. The van der Waals surface area contributed by atoms with E-state index in [1.54, 1.807) is 19.2 Å². The van der Waals surface area contributed by atoms with Crippen molar-refractivity contribution in [1.82, 2.24) is 19.9 Å². The van der Waals surface area contributed by atoms with Crippen molar-refractivity contribution < 1.29 is 9.84 Å². The Bertz CT molecular complexity index is 1380. The van der Waals surface area contributed by atoms with Crippen molar-refractivity contribution in [2.45, 2.75) is 19.0 Å². The molecular formula is C23H22N4O4. The summed E-state index contributed by atoms with van der Waals surface area (Å²) >= 11 is 0. The summed E-state index contributed by atoms with van der Waals surface area (Å²) in [6, 6.07) is 14.6. The smallest absolute Gasteiger partial charge is 0.331 e. The molecule has 158 valence electrons. The predicted octanol–water partition coefficient (Wildman–Crippen LogP) is 2.02. The number of fused-ring (bicyclic) bond motifs is 3. The molecule has 1 atom stereocenters. The first kappa shape index (κ1) is 19.2. The number of methoxy groups -OCH3 is 1. The van der Waals surface area contributed by atoms with Crippen LogP contribution >= 0.6 is 0 Å². The van der Waals surface area contributed by atoms with Crippen LogP contribution in [0.2, 0.25) is 0 Å². The minimum atomic E-state index is -0.658. The summed E-state index contributed by atoms with van der Waals surface area (Å²) in [5, 5.41) is 15.4. The molecule has 1 unspecified atom stereocenters. The molecule has 0 amide bonds. The molecule has 3 heterocycles. The van der Waals surface area contributed by atoms with Crippen LogP contribution in [0, 0.1) is 0 Å². The van der Waals surface area contributed by atoms with Crippen molar-refractivity contribution in [3.05, 3.63) is 91.8 Å². The Kier molecular flexibility index (Phi) is 4.63. The highest BCUT2D eigenvalue weighted by Gasteiger charge is 2.30. The average Bonchev–Trinajstić information content (AvgIpc) is 3.16. The van der Waals surface area contributed by atoms with Gasteiger partial charge in [-0.25, -0.2) is 4.79 Å². The molecule has 0 spiro atoms. The van der Waals surface area contributed by atoms with Crippen molar-refractivity contribution in [2.75, 3.05) is 13.7 Å². The van der Waals surface area contributed by atoms with E-state index < -0.39 is 17.3 Å². The number of hydrogen-bond donors (Lipinski definition) is 4. The second-order valence-electron chi connectivity index (χ2n) is 7.63. The van der Waals surface area contributed by atoms with E-state index in [0.717, 1.165) is 34.1 Å². The van der Waals surface area contributed by atoms with E-state index in [0.29, 0.717) is 12.3 Å². The molecule has 5 rings (SSSR count). The molecule has 2 aromatic heterocycles. The van der Waals surface area contributed by atoms with E-state index in [1.807, 2.05) is 36.4 Å². The van der Waals surface area contributed by atoms with E-state index >= 15 is 0 Å². The minimum absolute atomic E-state index is 0.116. The van der Waals surface area contributed by atoms with Crippen LogP contribution in [0.4, 0.5) is 0 Å². The van der Waals surface area contributed by atoms with Gasteiger partial charge in [-0.15, -0.1) is 0 Å². The first-order valence-electron chi connectivity index (χ1n) is 10.1. The number of aromatic hydroxyl groups is 1. The minimum Gasteiger partial charge on any atom is -0.497 e. The third-order valence-corrected chi connectivity index (χ3v) is 5.85. The van der Waals surface area contributed by atoms with E-state index in [9.17, 15) is 14.7 Å². The van der Waals surface area contributed by atoms with Gasteiger partial charge in [0.2, 0.25) is 5.88 Å². The Morgan fingerprint density at radius 3 is 2.65 bits per heavy atom. The standard InChI is InChI=1S/C23H22N4O4/c1-31-14-8-6-13(7-9-14)12-27-22(29)18(21(28)26-23(27)30)20-19-16(10-11-24-20)15-4-2-3-5-17(15)25-19/h2-9,20,24-25,29H,10-12H2,1H3,(H,26,28,30). The molecule has 8 nitrogen and oxygen atoms in total. The van der Waals surface area contributed by atoms with Crippen molar-refractivity contribution >= 4 is 10.9 Å². The lowest BCUT2D eigenvalue weighted by atomic mass is 9.95.